The van der Waals surface area contributed by atoms with Crippen molar-refractivity contribution in [2.45, 2.75) is 0 Å². The summed E-state index contributed by atoms with van der Waals surface area (Å²) in [6.45, 7) is 0. The van der Waals surface area contributed by atoms with E-state index in [1.165, 1.54) is 6.20 Å². The van der Waals surface area contributed by atoms with Gasteiger partial charge >= 0.3 is 0 Å². The Balaban J connectivity index is 2.77. The molecule has 1 N–H and O–H groups in total. The quantitative estimate of drug-likeness (QED) is 0.525. The molecular formula is C12H8BrN3O. The number of anilines is 1. The molecule has 1 aromatic rings. The van der Waals surface area contributed by atoms with E-state index in [9.17, 15) is 4.79 Å². The fourth-order valence-electron chi connectivity index (χ4n) is 1.07. The fourth-order valence-corrected chi connectivity index (χ4v) is 1.40. The zero-order chi connectivity index (χ0) is 12.7. The van der Waals surface area contributed by atoms with E-state index in [0.29, 0.717) is 11.3 Å². The van der Waals surface area contributed by atoms with Crippen LogP contribution < -0.4 is 5.32 Å². The molecule has 1 aromatic carbocycles. The molecule has 0 heterocycles. The van der Waals surface area contributed by atoms with Crippen LogP contribution in [-0.4, -0.2) is 11.1 Å². The second-order valence-corrected chi connectivity index (χ2v) is 3.62. The Morgan fingerprint density at radius 1 is 1.29 bits per heavy atom. The van der Waals surface area contributed by atoms with E-state index in [1.54, 1.807) is 36.4 Å². The molecule has 1 rings (SSSR count). The minimum absolute atomic E-state index is 0.00170. The number of hydrogen-bond donors (Lipinski definition) is 1. The highest BCUT2D eigenvalue weighted by Gasteiger charge is 2.02. The Morgan fingerprint density at radius 2 is 1.88 bits per heavy atom. The first kappa shape index (κ1) is 13.0. The lowest BCUT2D eigenvalue weighted by Gasteiger charge is -2.01. The summed E-state index contributed by atoms with van der Waals surface area (Å²) < 4.78 is 0. The van der Waals surface area contributed by atoms with Crippen LogP contribution in [0.1, 0.15) is 10.4 Å². The third-order valence-electron chi connectivity index (χ3n) is 1.95. The van der Waals surface area contributed by atoms with Crippen LogP contribution in [-0.2, 0) is 0 Å². The average Bonchev–Trinajstić information content (AvgIpc) is 2.39. The van der Waals surface area contributed by atoms with Gasteiger partial charge in [-0.05, 0) is 24.3 Å². The lowest BCUT2D eigenvalue weighted by molar-refractivity contribution is 0.102. The Bertz CT molecular complexity index is 504. The number of Topliss-reactive ketones (excluding diaryl/α,β-unsaturated/α-hetero) is 1. The molecule has 0 radical (unpaired) electrons. The summed E-state index contributed by atoms with van der Waals surface area (Å²) in [7, 11) is 0. The van der Waals surface area contributed by atoms with Crippen molar-refractivity contribution in [2.75, 3.05) is 10.6 Å². The Kier molecular flexibility index (Phi) is 4.93. The van der Waals surface area contributed by atoms with Gasteiger partial charge in [-0.3, -0.25) is 4.79 Å². The first-order valence-electron chi connectivity index (χ1n) is 4.67. The van der Waals surface area contributed by atoms with Gasteiger partial charge in [0.05, 0.1) is 5.33 Å². The number of nitrogens with one attached hydrogen (secondary N) is 1. The van der Waals surface area contributed by atoms with Crippen molar-refractivity contribution in [1.29, 1.82) is 10.5 Å². The number of nitrogens with zero attached hydrogens (tertiary/aromatic N) is 2. The van der Waals surface area contributed by atoms with Crippen LogP contribution in [0.15, 0.2) is 36.0 Å². The number of rotatable bonds is 4. The first-order valence-corrected chi connectivity index (χ1v) is 5.79. The minimum Gasteiger partial charge on any atom is -0.360 e. The van der Waals surface area contributed by atoms with E-state index in [1.807, 2.05) is 0 Å². The Hall–Kier alpha value is -2.11. The summed E-state index contributed by atoms with van der Waals surface area (Å²) in [5.74, 6) is 0.00170. The largest absolute Gasteiger partial charge is 0.360 e. The third-order valence-corrected chi connectivity index (χ3v) is 2.46. The zero-order valence-corrected chi connectivity index (χ0v) is 10.4. The van der Waals surface area contributed by atoms with Gasteiger partial charge in [-0.2, -0.15) is 10.5 Å². The molecule has 0 atom stereocenters. The van der Waals surface area contributed by atoms with Crippen LogP contribution in [0.4, 0.5) is 5.69 Å². The van der Waals surface area contributed by atoms with Crippen molar-refractivity contribution in [1.82, 2.24) is 0 Å². The number of allylic oxidation sites excluding steroid dienone is 1. The van der Waals surface area contributed by atoms with Crippen LogP contribution in [0.5, 0.6) is 0 Å². The van der Waals surface area contributed by atoms with E-state index >= 15 is 0 Å². The van der Waals surface area contributed by atoms with Crippen molar-refractivity contribution >= 4 is 27.4 Å². The van der Waals surface area contributed by atoms with E-state index in [-0.39, 0.29) is 16.7 Å². The number of carbonyl (C=O) groups excluding carboxylic acids is 1. The maximum absolute atomic E-state index is 11.3. The summed E-state index contributed by atoms with van der Waals surface area (Å²) in [5.41, 5.74) is 1.31. The fraction of sp³-hybridized carbons (Fsp3) is 0.0833. The second-order valence-electron chi connectivity index (χ2n) is 3.06. The van der Waals surface area contributed by atoms with Crippen LogP contribution in [0, 0.1) is 22.7 Å². The topological polar surface area (TPSA) is 76.7 Å². The predicted molar refractivity (Wildman–Crippen MR) is 67.5 cm³/mol. The molecule has 5 heteroatoms. The molecule has 0 aromatic heterocycles. The molecule has 0 saturated carbocycles. The van der Waals surface area contributed by atoms with E-state index in [4.69, 9.17) is 10.5 Å². The van der Waals surface area contributed by atoms with Crippen LogP contribution in [0.2, 0.25) is 0 Å². The highest BCUT2D eigenvalue weighted by Crippen LogP contribution is 2.11. The monoisotopic (exact) mass is 289 g/mol. The van der Waals surface area contributed by atoms with Crippen molar-refractivity contribution in [3.05, 3.63) is 41.6 Å². The van der Waals surface area contributed by atoms with Crippen molar-refractivity contribution in [3.63, 3.8) is 0 Å². The smallest absolute Gasteiger partial charge is 0.173 e. The van der Waals surface area contributed by atoms with Crippen molar-refractivity contribution < 1.29 is 4.79 Å². The third kappa shape index (κ3) is 3.75. The van der Waals surface area contributed by atoms with Crippen LogP contribution in [0.3, 0.4) is 0 Å². The number of benzene rings is 1. The predicted octanol–water partition coefficient (Wildman–Crippen LogP) is 2.61. The Labute approximate surface area is 107 Å². The second kappa shape index (κ2) is 6.47. The molecule has 0 amide bonds. The number of ketones is 1. The number of hydrogen-bond acceptors (Lipinski definition) is 4. The molecule has 0 aliphatic heterocycles. The van der Waals surface area contributed by atoms with Crippen LogP contribution >= 0.6 is 15.9 Å². The molecule has 0 spiro atoms. The molecular weight excluding hydrogens is 282 g/mol. The normalized spacial score (nSPS) is 8.65. The van der Waals surface area contributed by atoms with E-state index in [0.717, 1.165) is 0 Å². The molecule has 0 unspecified atom stereocenters. The first-order chi connectivity index (χ1) is 8.21. The lowest BCUT2D eigenvalue weighted by Crippen LogP contribution is -1.99. The molecule has 4 nitrogen and oxygen atoms in total. The molecule has 0 bridgehead atoms. The maximum atomic E-state index is 11.3. The van der Waals surface area contributed by atoms with Gasteiger partial charge in [0, 0.05) is 17.5 Å². The van der Waals surface area contributed by atoms with Gasteiger partial charge in [0.25, 0.3) is 0 Å². The minimum atomic E-state index is -0.00869. The zero-order valence-electron chi connectivity index (χ0n) is 8.77. The lowest BCUT2D eigenvalue weighted by atomic mass is 10.1. The summed E-state index contributed by atoms with van der Waals surface area (Å²) in [6, 6.07) is 10.2. The SMILES string of the molecule is N#CC(C#N)=CNc1ccc(C(=O)CBr)cc1. The molecule has 84 valence electrons. The van der Waals surface area contributed by atoms with Gasteiger partial charge in [-0.1, -0.05) is 15.9 Å². The van der Waals surface area contributed by atoms with Gasteiger partial charge < -0.3 is 5.32 Å². The van der Waals surface area contributed by atoms with Gasteiger partial charge in [-0.15, -0.1) is 0 Å². The standard InChI is InChI=1S/C12H8BrN3O/c13-5-12(17)10-1-3-11(4-2-10)16-8-9(6-14)7-15/h1-4,8,16H,5H2. The molecule has 17 heavy (non-hydrogen) atoms. The Morgan fingerprint density at radius 3 is 2.35 bits per heavy atom. The van der Waals surface area contributed by atoms with E-state index in [2.05, 4.69) is 21.2 Å². The molecule has 0 fully saturated rings. The number of alkyl halides is 1. The van der Waals surface area contributed by atoms with E-state index < -0.39 is 0 Å². The molecule has 0 saturated heterocycles. The van der Waals surface area contributed by atoms with Gasteiger partial charge in [0.15, 0.2) is 5.78 Å². The highest BCUT2D eigenvalue weighted by atomic mass is 79.9. The summed E-state index contributed by atoms with van der Waals surface area (Å²) in [5, 5.41) is 20.1. The van der Waals surface area contributed by atoms with Gasteiger partial charge in [0.2, 0.25) is 0 Å². The maximum Gasteiger partial charge on any atom is 0.173 e. The van der Waals surface area contributed by atoms with Gasteiger partial charge in [-0.25, -0.2) is 0 Å². The van der Waals surface area contributed by atoms with Gasteiger partial charge in [0.1, 0.15) is 17.7 Å². The molecule has 0 aliphatic rings. The van der Waals surface area contributed by atoms with Crippen molar-refractivity contribution in [2.24, 2.45) is 0 Å². The number of halogens is 1. The van der Waals surface area contributed by atoms with Crippen molar-refractivity contribution in [3.8, 4) is 12.1 Å². The summed E-state index contributed by atoms with van der Waals surface area (Å²) in [4.78, 5) is 11.3. The number of nitriles is 2. The highest BCUT2D eigenvalue weighted by molar-refractivity contribution is 9.09. The number of carbonyl (C=O) groups is 1. The van der Waals surface area contributed by atoms with Crippen LogP contribution in [0.25, 0.3) is 0 Å². The molecule has 0 aliphatic carbocycles. The summed E-state index contributed by atoms with van der Waals surface area (Å²) in [6.07, 6.45) is 1.32. The summed E-state index contributed by atoms with van der Waals surface area (Å²) >= 11 is 3.09. The average molecular weight is 290 g/mol.